The number of benzene rings is 2. The molecule has 39 heavy (non-hydrogen) atoms. The van der Waals surface area contributed by atoms with E-state index in [0.717, 1.165) is 30.8 Å². The van der Waals surface area contributed by atoms with E-state index in [9.17, 15) is 19.5 Å². The average molecular weight is 659 g/mol. The van der Waals surface area contributed by atoms with Gasteiger partial charge in [0.1, 0.15) is 12.1 Å². The highest BCUT2D eigenvalue weighted by Crippen LogP contribution is 2.32. The van der Waals surface area contributed by atoms with Crippen molar-refractivity contribution in [2.45, 2.75) is 58.5 Å². The van der Waals surface area contributed by atoms with Crippen molar-refractivity contribution in [3.05, 3.63) is 73.9 Å². The number of β-amino-alcohol motifs (C(OH)–C–C–N with tert-alkyl or cyclic N) is 1. The van der Waals surface area contributed by atoms with Gasteiger partial charge in [-0.05, 0) is 64.3 Å². The number of carbonyl (C=O) groups is 3. The number of aromatic nitrogens is 1. The number of thiazole rings is 1. The lowest BCUT2D eigenvalue weighted by atomic mass is 10.0. The van der Waals surface area contributed by atoms with Gasteiger partial charge in [-0.1, -0.05) is 44.2 Å². The number of nitrogens with one attached hydrogen (secondary N) is 1. The van der Waals surface area contributed by atoms with Gasteiger partial charge in [0.25, 0.3) is 5.91 Å². The summed E-state index contributed by atoms with van der Waals surface area (Å²) in [5, 5.41) is 13.4. The van der Waals surface area contributed by atoms with Gasteiger partial charge in [-0.25, -0.2) is 4.98 Å². The molecule has 0 spiro atoms. The minimum atomic E-state index is -0.799. The fourth-order valence-corrected chi connectivity index (χ4v) is 6.94. The van der Waals surface area contributed by atoms with Crippen molar-refractivity contribution in [2.24, 2.45) is 5.92 Å². The predicted molar refractivity (Wildman–Crippen MR) is 158 cm³/mol. The molecule has 10 heteroatoms. The lowest BCUT2D eigenvalue weighted by molar-refractivity contribution is -0.143. The van der Waals surface area contributed by atoms with Gasteiger partial charge in [-0.3, -0.25) is 14.4 Å². The van der Waals surface area contributed by atoms with E-state index < -0.39 is 18.2 Å². The molecule has 2 aromatic carbocycles. The lowest BCUT2D eigenvalue weighted by Crippen LogP contribution is -2.55. The number of carbonyl (C=O) groups excluding carboxylic acids is 3. The molecule has 0 aliphatic carbocycles. The Labute approximate surface area is 245 Å². The summed E-state index contributed by atoms with van der Waals surface area (Å²) in [5.74, 6) is -0.957. The second kappa shape index (κ2) is 11.3. The number of fused-ring (bicyclic) bond motifs is 1. The maximum absolute atomic E-state index is 13.9. The number of hydrogen-bond donors (Lipinski definition) is 2. The minimum Gasteiger partial charge on any atom is -0.391 e. The van der Waals surface area contributed by atoms with Crippen molar-refractivity contribution in [3.8, 4) is 10.4 Å². The molecule has 3 amide bonds. The summed E-state index contributed by atoms with van der Waals surface area (Å²) in [6.45, 7) is 6.51. The topological polar surface area (TPSA) is 103 Å². The van der Waals surface area contributed by atoms with Gasteiger partial charge in [0.15, 0.2) is 0 Å². The maximum atomic E-state index is 13.9. The van der Waals surface area contributed by atoms with Crippen molar-refractivity contribution >= 4 is 51.6 Å². The van der Waals surface area contributed by atoms with Gasteiger partial charge >= 0.3 is 0 Å². The average Bonchev–Trinajstić information content (AvgIpc) is 3.61. The quantitative estimate of drug-likeness (QED) is 0.374. The Bertz CT molecular complexity index is 1410. The molecule has 1 unspecified atom stereocenters. The first-order valence-corrected chi connectivity index (χ1v) is 15.0. The first-order chi connectivity index (χ1) is 18.7. The molecule has 2 aliphatic heterocycles. The van der Waals surface area contributed by atoms with Crippen LogP contribution in [0.15, 0.2) is 48.0 Å². The SMILES string of the molecule is Cc1ncsc1-c1ccc(CNC(=O)[C@@H]2C[C@@H](O)CN2C(=O)C(C(C)C)N2Cc3c(I)cccc3C2=O)cc1. The van der Waals surface area contributed by atoms with E-state index in [4.69, 9.17) is 0 Å². The van der Waals surface area contributed by atoms with E-state index in [1.807, 2.05) is 62.7 Å². The molecule has 5 rings (SSSR count). The highest BCUT2D eigenvalue weighted by Gasteiger charge is 2.46. The van der Waals surface area contributed by atoms with Gasteiger partial charge in [0.2, 0.25) is 11.8 Å². The molecule has 2 aliphatic rings. The Hall–Kier alpha value is -2.83. The monoisotopic (exact) mass is 658 g/mol. The molecule has 0 radical (unpaired) electrons. The molecule has 8 nitrogen and oxygen atoms in total. The molecule has 1 fully saturated rings. The zero-order valence-electron chi connectivity index (χ0n) is 22.1. The predicted octanol–water partition coefficient (Wildman–Crippen LogP) is 3.98. The number of rotatable bonds is 7. The minimum absolute atomic E-state index is 0.0650. The number of likely N-dealkylation sites (tertiary alicyclic amines) is 1. The van der Waals surface area contributed by atoms with Crippen LogP contribution in [0.25, 0.3) is 10.4 Å². The van der Waals surface area contributed by atoms with E-state index in [-0.39, 0.29) is 36.6 Å². The number of aliphatic hydroxyl groups excluding tert-OH is 1. The van der Waals surface area contributed by atoms with E-state index in [0.29, 0.717) is 18.7 Å². The van der Waals surface area contributed by atoms with Crippen molar-refractivity contribution in [1.82, 2.24) is 20.1 Å². The van der Waals surface area contributed by atoms with Crippen molar-refractivity contribution in [2.75, 3.05) is 6.54 Å². The Morgan fingerprint density at radius 3 is 2.59 bits per heavy atom. The van der Waals surface area contributed by atoms with Crippen LogP contribution >= 0.6 is 33.9 Å². The molecule has 3 aromatic rings. The third kappa shape index (κ3) is 5.46. The molecule has 0 bridgehead atoms. The summed E-state index contributed by atoms with van der Waals surface area (Å²) >= 11 is 3.80. The summed E-state index contributed by atoms with van der Waals surface area (Å²) in [7, 11) is 0. The van der Waals surface area contributed by atoms with Crippen molar-refractivity contribution in [3.63, 3.8) is 0 Å². The molecule has 3 heterocycles. The number of aliphatic hydroxyl groups is 1. The molecular weight excluding hydrogens is 627 g/mol. The second-order valence-electron chi connectivity index (χ2n) is 10.5. The van der Waals surface area contributed by atoms with Gasteiger partial charge in [0.05, 0.1) is 22.2 Å². The third-order valence-electron chi connectivity index (χ3n) is 7.45. The smallest absolute Gasteiger partial charge is 0.255 e. The van der Waals surface area contributed by atoms with Gasteiger partial charge in [-0.2, -0.15) is 0 Å². The molecule has 1 aromatic heterocycles. The summed E-state index contributed by atoms with van der Waals surface area (Å²) < 4.78 is 0.986. The Kier molecular flexibility index (Phi) is 8.06. The lowest BCUT2D eigenvalue weighted by Gasteiger charge is -2.35. The first kappa shape index (κ1) is 27.7. The zero-order valence-corrected chi connectivity index (χ0v) is 25.0. The van der Waals surface area contributed by atoms with E-state index in [2.05, 4.69) is 32.9 Å². The van der Waals surface area contributed by atoms with Crippen LogP contribution in [0.3, 0.4) is 0 Å². The van der Waals surface area contributed by atoms with Crippen LogP contribution in [0.2, 0.25) is 0 Å². The van der Waals surface area contributed by atoms with Crippen molar-refractivity contribution in [1.29, 1.82) is 0 Å². The number of nitrogens with zero attached hydrogens (tertiary/aromatic N) is 3. The molecule has 204 valence electrons. The van der Waals surface area contributed by atoms with Crippen LogP contribution in [-0.4, -0.2) is 62.3 Å². The van der Waals surface area contributed by atoms with E-state index in [1.54, 1.807) is 22.3 Å². The Morgan fingerprint density at radius 1 is 1.21 bits per heavy atom. The number of aryl methyl sites for hydroxylation is 1. The standard InChI is InChI=1S/C29H31IN4O4S/c1-16(2)25(34-14-22-21(28(34)37)5-4-6-23(22)30)29(38)33-13-20(35)11-24(33)27(36)31-12-18-7-9-19(10-8-18)26-17(3)32-15-39-26/h4-10,15-16,20,24-25,35H,11-14H2,1-3H3,(H,31,36)/t20-,24+,25?/m1/s1. The van der Waals surface area contributed by atoms with Crippen LogP contribution < -0.4 is 5.32 Å². The molecule has 2 N–H and O–H groups in total. The highest BCUT2D eigenvalue weighted by atomic mass is 127. The molecular formula is C29H31IN4O4S. The maximum Gasteiger partial charge on any atom is 0.255 e. The fourth-order valence-electron chi connectivity index (χ4n) is 5.46. The van der Waals surface area contributed by atoms with E-state index >= 15 is 0 Å². The van der Waals surface area contributed by atoms with Crippen LogP contribution in [0, 0.1) is 16.4 Å². The molecule has 3 atom stereocenters. The Morgan fingerprint density at radius 2 is 1.95 bits per heavy atom. The van der Waals surface area contributed by atoms with Crippen molar-refractivity contribution < 1.29 is 19.5 Å². The first-order valence-electron chi connectivity index (χ1n) is 13.0. The van der Waals surface area contributed by atoms with Crippen LogP contribution in [0.4, 0.5) is 0 Å². The number of halogens is 1. The highest BCUT2D eigenvalue weighted by molar-refractivity contribution is 14.1. The second-order valence-corrected chi connectivity index (χ2v) is 12.5. The van der Waals surface area contributed by atoms with Gasteiger partial charge in [-0.15, -0.1) is 11.3 Å². The third-order valence-corrected chi connectivity index (χ3v) is 9.44. The number of hydrogen-bond acceptors (Lipinski definition) is 6. The zero-order chi connectivity index (χ0) is 27.8. The summed E-state index contributed by atoms with van der Waals surface area (Å²) in [6, 6.07) is 12.0. The van der Waals surface area contributed by atoms with Gasteiger partial charge < -0.3 is 20.2 Å². The largest absolute Gasteiger partial charge is 0.391 e. The summed E-state index contributed by atoms with van der Waals surface area (Å²) in [4.78, 5) is 49.0. The Balaban J connectivity index is 1.28. The molecule has 0 saturated carbocycles. The number of amides is 3. The summed E-state index contributed by atoms with van der Waals surface area (Å²) in [5.41, 5.74) is 6.36. The summed E-state index contributed by atoms with van der Waals surface area (Å²) in [6.07, 6.45) is -0.634. The van der Waals surface area contributed by atoms with E-state index in [1.165, 1.54) is 4.90 Å². The van der Waals surface area contributed by atoms with Crippen LogP contribution in [0.5, 0.6) is 0 Å². The normalized spacial score (nSPS) is 19.5. The molecule has 1 saturated heterocycles. The van der Waals surface area contributed by atoms with Gasteiger partial charge in [0, 0.05) is 35.2 Å². The fraction of sp³-hybridized carbons (Fsp3) is 0.379. The van der Waals surface area contributed by atoms with Crippen LogP contribution in [0.1, 0.15) is 47.4 Å². The van der Waals surface area contributed by atoms with Crippen LogP contribution in [-0.2, 0) is 22.7 Å².